The fraction of sp³-hybridized carbons (Fsp3) is 0.174. The first-order chi connectivity index (χ1) is 12.5. The molecular weight excluding hydrogens is 325 g/mol. The average molecular weight is 347 g/mol. The Morgan fingerprint density at radius 3 is 2.38 bits per heavy atom. The summed E-state index contributed by atoms with van der Waals surface area (Å²) < 4.78 is 14.6. The van der Waals surface area contributed by atoms with Crippen LogP contribution in [0.4, 0.5) is 10.1 Å². The zero-order valence-electron chi connectivity index (χ0n) is 15.2. The predicted octanol–water partition coefficient (Wildman–Crippen LogP) is 5.85. The number of anilines is 1. The monoisotopic (exact) mass is 347 g/mol. The second-order valence-electron chi connectivity index (χ2n) is 6.63. The van der Waals surface area contributed by atoms with E-state index in [4.69, 9.17) is 0 Å². The number of aryl methyl sites for hydroxylation is 2. The van der Waals surface area contributed by atoms with Crippen LogP contribution in [-0.4, -0.2) is 5.91 Å². The molecule has 1 atom stereocenters. The van der Waals surface area contributed by atoms with Gasteiger partial charge in [-0.05, 0) is 55.2 Å². The minimum absolute atomic E-state index is 0.148. The molecule has 0 heterocycles. The zero-order valence-corrected chi connectivity index (χ0v) is 15.2. The Labute approximate surface area is 153 Å². The van der Waals surface area contributed by atoms with Crippen LogP contribution in [0.25, 0.3) is 11.1 Å². The summed E-state index contributed by atoms with van der Waals surface area (Å²) >= 11 is 0. The number of amides is 1. The molecule has 0 aliphatic rings. The van der Waals surface area contributed by atoms with Crippen LogP contribution in [0.15, 0.2) is 66.7 Å². The van der Waals surface area contributed by atoms with E-state index in [9.17, 15) is 9.18 Å². The van der Waals surface area contributed by atoms with Gasteiger partial charge in [-0.2, -0.15) is 0 Å². The van der Waals surface area contributed by atoms with Gasteiger partial charge in [0.15, 0.2) is 0 Å². The number of carbonyl (C=O) groups is 1. The first kappa shape index (κ1) is 17.9. The van der Waals surface area contributed by atoms with E-state index in [0.717, 1.165) is 22.4 Å². The number of rotatable bonds is 4. The summed E-state index contributed by atoms with van der Waals surface area (Å²) in [6.45, 7) is 5.72. The fourth-order valence-corrected chi connectivity index (χ4v) is 2.92. The molecule has 0 bridgehead atoms. The number of carbonyl (C=O) groups excluding carboxylic acids is 1. The molecule has 0 radical (unpaired) electrons. The van der Waals surface area contributed by atoms with Crippen molar-refractivity contribution in [3.63, 3.8) is 0 Å². The fourth-order valence-electron chi connectivity index (χ4n) is 2.92. The van der Waals surface area contributed by atoms with E-state index in [1.807, 2.05) is 68.4 Å². The van der Waals surface area contributed by atoms with E-state index in [-0.39, 0.29) is 11.7 Å². The number of hydrogen-bond donors (Lipinski definition) is 1. The van der Waals surface area contributed by atoms with Crippen LogP contribution in [0.1, 0.15) is 29.5 Å². The molecule has 3 aromatic carbocycles. The maximum absolute atomic E-state index is 14.6. The molecule has 0 spiro atoms. The first-order valence-corrected chi connectivity index (χ1v) is 8.68. The Hall–Kier alpha value is -2.94. The molecular formula is C23H22FNO. The van der Waals surface area contributed by atoms with Gasteiger partial charge in [-0.3, -0.25) is 4.79 Å². The Balaban J connectivity index is 1.81. The Bertz CT molecular complexity index is 934. The molecule has 3 heteroatoms. The van der Waals surface area contributed by atoms with Crippen LogP contribution in [0.5, 0.6) is 0 Å². The Morgan fingerprint density at radius 1 is 0.962 bits per heavy atom. The van der Waals surface area contributed by atoms with Crippen LogP contribution in [0.3, 0.4) is 0 Å². The first-order valence-electron chi connectivity index (χ1n) is 8.68. The molecule has 0 fully saturated rings. The second kappa shape index (κ2) is 7.52. The van der Waals surface area contributed by atoms with E-state index in [2.05, 4.69) is 5.32 Å². The van der Waals surface area contributed by atoms with Gasteiger partial charge in [-0.15, -0.1) is 0 Å². The van der Waals surface area contributed by atoms with Crippen molar-refractivity contribution in [1.82, 2.24) is 0 Å². The molecule has 0 aromatic heterocycles. The molecule has 26 heavy (non-hydrogen) atoms. The van der Waals surface area contributed by atoms with Crippen molar-refractivity contribution in [3.8, 4) is 11.1 Å². The lowest BCUT2D eigenvalue weighted by atomic mass is 9.96. The summed E-state index contributed by atoms with van der Waals surface area (Å²) in [5.41, 5.74) is 4.90. The van der Waals surface area contributed by atoms with Crippen LogP contribution in [0.2, 0.25) is 0 Å². The highest BCUT2D eigenvalue weighted by Gasteiger charge is 2.18. The van der Waals surface area contributed by atoms with Gasteiger partial charge in [0.1, 0.15) is 5.82 Å². The molecule has 2 nitrogen and oxygen atoms in total. The number of hydrogen-bond acceptors (Lipinski definition) is 1. The molecule has 0 unspecified atom stereocenters. The molecule has 0 saturated heterocycles. The highest BCUT2D eigenvalue weighted by atomic mass is 19.1. The van der Waals surface area contributed by atoms with Crippen LogP contribution < -0.4 is 5.32 Å². The standard InChI is InChI=1S/C23H22FNO/c1-15-9-10-16(2)22(13-15)25-23(26)17(3)19-11-12-20(21(24)14-19)18-7-5-4-6-8-18/h4-14,17H,1-3H3,(H,25,26)/t17-/m0/s1. The third kappa shape index (κ3) is 3.83. The number of benzene rings is 3. The molecule has 0 saturated carbocycles. The molecule has 132 valence electrons. The molecule has 1 amide bonds. The maximum Gasteiger partial charge on any atom is 0.231 e. The summed E-state index contributed by atoms with van der Waals surface area (Å²) in [7, 11) is 0. The van der Waals surface area contributed by atoms with Gasteiger partial charge < -0.3 is 5.32 Å². The summed E-state index contributed by atoms with van der Waals surface area (Å²) in [6, 6.07) is 20.3. The summed E-state index contributed by atoms with van der Waals surface area (Å²) in [4.78, 5) is 12.6. The van der Waals surface area contributed by atoms with Gasteiger partial charge in [0.25, 0.3) is 0 Å². The quantitative estimate of drug-likeness (QED) is 0.630. The van der Waals surface area contributed by atoms with Crippen LogP contribution in [0, 0.1) is 19.7 Å². The third-order valence-electron chi connectivity index (χ3n) is 4.62. The second-order valence-corrected chi connectivity index (χ2v) is 6.63. The maximum atomic E-state index is 14.6. The van der Waals surface area contributed by atoms with Gasteiger partial charge in [0.05, 0.1) is 5.92 Å². The summed E-state index contributed by atoms with van der Waals surface area (Å²) in [5.74, 6) is -0.917. The van der Waals surface area contributed by atoms with Gasteiger partial charge in [0, 0.05) is 11.3 Å². The van der Waals surface area contributed by atoms with E-state index >= 15 is 0 Å². The van der Waals surface area contributed by atoms with Gasteiger partial charge in [-0.1, -0.05) is 54.6 Å². The van der Waals surface area contributed by atoms with Crippen molar-refractivity contribution < 1.29 is 9.18 Å². The summed E-state index contributed by atoms with van der Waals surface area (Å²) in [6.07, 6.45) is 0. The van der Waals surface area contributed by atoms with E-state index in [1.54, 1.807) is 13.0 Å². The Kier molecular flexibility index (Phi) is 5.17. The van der Waals surface area contributed by atoms with E-state index < -0.39 is 5.92 Å². The lowest BCUT2D eigenvalue weighted by molar-refractivity contribution is -0.117. The van der Waals surface area contributed by atoms with Crippen molar-refractivity contribution in [3.05, 3.63) is 89.2 Å². The Morgan fingerprint density at radius 2 is 1.69 bits per heavy atom. The van der Waals surface area contributed by atoms with Crippen molar-refractivity contribution >= 4 is 11.6 Å². The third-order valence-corrected chi connectivity index (χ3v) is 4.62. The highest BCUT2D eigenvalue weighted by molar-refractivity contribution is 5.96. The smallest absolute Gasteiger partial charge is 0.231 e. The largest absolute Gasteiger partial charge is 0.325 e. The SMILES string of the molecule is Cc1ccc(C)c(NC(=O)[C@@H](C)c2ccc(-c3ccccc3)c(F)c2)c1. The minimum atomic E-state index is -0.450. The number of halogens is 1. The van der Waals surface area contributed by atoms with Crippen molar-refractivity contribution in [1.29, 1.82) is 0 Å². The van der Waals surface area contributed by atoms with Crippen LogP contribution in [-0.2, 0) is 4.79 Å². The van der Waals surface area contributed by atoms with Crippen molar-refractivity contribution in [2.45, 2.75) is 26.7 Å². The zero-order chi connectivity index (χ0) is 18.7. The minimum Gasteiger partial charge on any atom is -0.325 e. The topological polar surface area (TPSA) is 29.1 Å². The van der Waals surface area contributed by atoms with Crippen LogP contribution >= 0.6 is 0 Å². The van der Waals surface area contributed by atoms with Crippen molar-refractivity contribution in [2.24, 2.45) is 0 Å². The predicted molar refractivity (Wildman–Crippen MR) is 105 cm³/mol. The van der Waals surface area contributed by atoms with Gasteiger partial charge >= 0.3 is 0 Å². The molecule has 0 aliphatic carbocycles. The normalized spacial score (nSPS) is 11.8. The lowest BCUT2D eigenvalue weighted by Crippen LogP contribution is -2.19. The summed E-state index contributed by atoms with van der Waals surface area (Å²) in [5, 5.41) is 2.95. The van der Waals surface area contributed by atoms with E-state index in [1.165, 1.54) is 6.07 Å². The molecule has 0 aliphatic heterocycles. The van der Waals surface area contributed by atoms with E-state index in [0.29, 0.717) is 11.1 Å². The highest BCUT2D eigenvalue weighted by Crippen LogP contribution is 2.27. The number of nitrogens with one attached hydrogen (secondary N) is 1. The van der Waals surface area contributed by atoms with Gasteiger partial charge in [0.2, 0.25) is 5.91 Å². The lowest BCUT2D eigenvalue weighted by Gasteiger charge is -2.15. The van der Waals surface area contributed by atoms with Crippen molar-refractivity contribution in [2.75, 3.05) is 5.32 Å². The van der Waals surface area contributed by atoms with Gasteiger partial charge in [-0.25, -0.2) is 4.39 Å². The molecule has 3 rings (SSSR count). The molecule has 1 N–H and O–H groups in total. The average Bonchev–Trinajstić information content (AvgIpc) is 2.64. The molecule has 3 aromatic rings.